The second kappa shape index (κ2) is 4.94. The summed E-state index contributed by atoms with van der Waals surface area (Å²) in [6.07, 6.45) is 4.26. The van der Waals surface area contributed by atoms with Crippen LogP contribution in [0.5, 0.6) is 0 Å². The van der Waals surface area contributed by atoms with Crippen molar-refractivity contribution in [2.45, 2.75) is 19.9 Å². The molecule has 2 aromatic heterocycles. The number of hydrogen-bond acceptors (Lipinski definition) is 5. The Kier molecular flexibility index (Phi) is 3.36. The fourth-order valence-corrected chi connectivity index (χ4v) is 2.35. The van der Waals surface area contributed by atoms with Crippen LogP contribution in [0.2, 0.25) is 0 Å². The molecule has 5 heteroatoms. The molecule has 0 fully saturated rings. The van der Waals surface area contributed by atoms with Crippen molar-refractivity contribution in [3.8, 4) is 0 Å². The number of anilines is 2. The van der Waals surface area contributed by atoms with Gasteiger partial charge in [-0.2, -0.15) is 0 Å². The predicted molar refractivity (Wildman–Crippen MR) is 67.5 cm³/mol. The minimum Gasteiger partial charge on any atom is -0.382 e. The lowest BCUT2D eigenvalue weighted by atomic mass is 10.2. The molecule has 0 bridgehead atoms. The molecule has 0 radical (unpaired) electrons. The molecule has 0 aliphatic heterocycles. The fourth-order valence-electron chi connectivity index (χ4n) is 1.44. The summed E-state index contributed by atoms with van der Waals surface area (Å²) < 4.78 is 0. The molecule has 0 saturated heterocycles. The lowest BCUT2D eigenvalue weighted by Crippen LogP contribution is -2.02. The monoisotopic (exact) mass is 234 g/mol. The summed E-state index contributed by atoms with van der Waals surface area (Å²) in [5.41, 5.74) is 6.85. The highest BCUT2D eigenvalue weighted by Crippen LogP contribution is 2.18. The smallest absolute Gasteiger partial charge is 0.144 e. The zero-order valence-electron chi connectivity index (χ0n) is 9.10. The Morgan fingerprint density at radius 1 is 1.38 bits per heavy atom. The van der Waals surface area contributed by atoms with Crippen LogP contribution in [0.15, 0.2) is 23.8 Å². The van der Waals surface area contributed by atoms with Crippen molar-refractivity contribution in [1.29, 1.82) is 0 Å². The van der Waals surface area contributed by atoms with Crippen molar-refractivity contribution < 1.29 is 0 Å². The number of nitrogens with two attached hydrogens (primary N) is 1. The third-order valence-electron chi connectivity index (χ3n) is 2.32. The molecule has 0 aliphatic rings. The first-order chi connectivity index (χ1) is 7.79. The SMILES string of the molecule is CCc1ccsc1CNc1cnc(N)cn1. The molecule has 0 aromatic carbocycles. The van der Waals surface area contributed by atoms with Gasteiger partial charge < -0.3 is 11.1 Å². The van der Waals surface area contributed by atoms with Crippen LogP contribution in [-0.4, -0.2) is 9.97 Å². The largest absolute Gasteiger partial charge is 0.382 e. The van der Waals surface area contributed by atoms with Gasteiger partial charge in [0.1, 0.15) is 11.6 Å². The van der Waals surface area contributed by atoms with Crippen LogP contribution in [-0.2, 0) is 13.0 Å². The third-order valence-corrected chi connectivity index (χ3v) is 3.28. The standard InChI is InChI=1S/C11H14N4S/c1-2-8-3-4-16-9(8)5-14-11-7-13-10(12)6-15-11/h3-4,6-7H,2,5H2,1H3,(H2,12,13)(H,14,15). The molecule has 0 atom stereocenters. The van der Waals surface area contributed by atoms with E-state index >= 15 is 0 Å². The number of hydrogen-bond donors (Lipinski definition) is 2. The number of nitrogens with one attached hydrogen (secondary N) is 1. The number of thiophene rings is 1. The second-order valence-corrected chi connectivity index (χ2v) is 4.40. The molecule has 2 heterocycles. The lowest BCUT2D eigenvalue weighted by molar-refractivity contribution is 1.06. The van der Waals surface area contributed by atoms with Gasteiger partial charge in [0.15, 0.2) is 0 Å². The minimum absolute atomic E-state index is 0.441. The van der Waals surface area contributed by atoms with Crippen molar-refractivity contribution in [3.63, 3.8) is 0 Å². The zero-order valence-corrected chi connectivity index (χ0v) is 9.92. The normalized spacial score (nSPS) is 10.3. The molecule has 0 unspecified atom stereocenters. The van der Waals surface area contributed by atoms with E-state index in [1.165, 1.54) is 10.4 Å². The van der Waals surface area contributed by atoms with E-state index in [-0.39, 0.29) is 0 Å². The molecule has 0 aliphatic carbocycles. The van der Waals surface area contributed by atoms with Gasteiger partial charge in [-0.1, -0.05) is 6.92 Å². The molecule has 2 aromatic rings. The average Bonchev–Trinajstić information content (AvgIpc) is 2.76. The zero-order chi connectivity index (χ0) is 11.4. The van der Waals surface area contributed by atoms with E-state index in [1.54, 1.807) is 23.7 Å². The number of aromatic nitrogens is 2. The van der Waals surface area contributed by atoms with Crippen molar-refractivity contribution in [1.82, 2.24) is 9.97 Å². The Morgan fingerprint density at radius 2 is 2.25 bits per heavy atom. The lowest BCUT2D eigenvalue weighted by Gasteiger charge is -2.05. The van der Waals surface area contributed by atoms with Gasteiger partial charge in [-0.3, -0.25) is 0 Å². The molecule has 84 valence electrons. The summed E-state index contributed by atoms with van der Waals surface area (Å²) in [5, 5.41) is 5.35. The summed E-state index contributed by atoms with van der Waals surface area (Å²) in [5.74, 6) is 1.19. The van der Waals surface area contributed by atoms with Crippen LogP contribution in [0.25, 0.3) is 0 Å². The first-order valence-corrected chi connectivity index (χ1v) is 6.04. The van der Waals surface area contributed by atoms with E-state index in [1.807, 2.05) is 0 Å². The summed E-state index contributed by atoms with van der Waals surface area (Å²) in [4.78, 5) is 9.47. The van der Waals surface area contributed by atoms with E-state index in [4.69, 9.17) is 5.73 Å². The van der Waals surface area contributed by atoms with Gasteiger partial charge >= 0.3 is 0 Å². The van der Waals surface area contributed by atoms with Gasteiger partial charge in [-0.05, 0) is 23.4 Å². The van der Waals surface area contributed by atoms with Crippen LogP contribution in [0.3, 0.4) is 0 Å². The van der Waals surface area contributed by atoms with Gasteiger partial charge in [-0.15, -0.1) is 11.3 Å². The molecule has 3 N–H and O–H groups in total. The first-order valence-electron chi connectivity index (χ1n) is 5.16. The van der Waals surface area contributed by atoms with Crippen LogP contribution >= 0.6 is 11.3 Å². The highest BCUT2D eigenvalue weighted by molar-refractivity contribution is 7.10. The van der Waals surface area contributed by atoms with E-state index < -0.39 is 0 Å². The third kappa shape index (κ3) is 2.49. The van der Waals surface area contributed by atoms with Crippen molar-refractivity contribution in [2.75, 3.05) is 11.1 Å². The minimum atomic E-state index is 0.441. The molecule has 0 saturated carbocycles. The Hall–Kier alpha value is -1.62. The average molecular weight is 234 g/mol. The van der Waals surface area contributed by atoms with E-state index in [0.717, 1.165) is 18.8 Å². The van der Waals surface area contributed by atoms with Crippen LogP contribution in [0.4, 0.5) is 11.6 Å². The Bertz CT molecular complexity index is 449. The fraction of sp³-hybridized carbons (Fsp3) is 0.273. The van der Waals surface area contributed by atoms with Gasteiger partial charge in [0.25, 0.3) is 0 Å². The van der Waals surface area contributed by atoms with Crippen molar-refractivity contribution in [3.05, 3.63) is 34.3 Å². The van der Waals surface area contributed by atoms with Gasteiger partial charge in [0, 0.05) is 4.88 Å². The molecule has 4 nitrogen and oxygen atoms in total. The summed E-state index contributed by atoms with van der Waals surface area (Å²) in [6, 6.07) is 2.16. The highest BCUT2D eigenvalue weighted by Gasteiger charge is 2.02. The van der Waals surface area contributed by atoms with Crippen LogP contribution in [0.1, 0.15) is 17.4 Å². The number of nitrogens with zero attached hydrogens (tertiary/aromatic N) is 2. The molecule has 16 heavy (non-hydrogen) atoms. The first kappa shape index (κ1) is 10.9. The highest BCUT2D eigenvalue weighted by atomic mass is 32.1. The van der Waals surface area contributed by atoms with Gasteiger partial charge in [-0.25, -0.2) is 9.97 Å². The quantitative estimate of drug-likeness (QED) is 0.852. The summed E-state index contributed by atoms with van der Waals surface area (Å²) in [6.45, 7) is 2.95. The second-order valence-electron chi connectivity index (χ2n) is 3.40. The van der Waals surface area contributed by atoms with Gasteiger partial charge in [0.2, 0.25) is 0 Å². The van der Waals surface area contributed by atoms with E-state index in [2.05, 4.69) is 33.7 Å². The summed E-state index contributed by atoms with van der Waals surface area (Å²) >= 11 is 1.76. The Morgan fingerprint density at radius 3 is 2.94 bits per heavy atom. The number of aryl methyl sites for hydroxylation is 1. The van der Waals surface area contributed by atoms with Crippen LogP contribution in [0, 0.1) is 0 Å². The van der Waals surface area contributed by atoms with Gasteiger partial charge in [0.05, 0.1) is 18.9 Å². The topological polar surface area (TPSA) is 63.8 Å². The van der Waals surface area contributed by atoms with Crippen molar-refractivity contribution in [2.24, 2.45) is 0 Å². The molecule has 2 rings (SSSR count). The number of nitrogen functional groups attached to an aromatic ring is 1. The molecule has 0 spiro atoms. The molecule has 0 amide bonds. The molecular weight excluding hydrogens is 220 g/mol. The molecular formula is C11H14N4S. The summed E-state index contributed by atoms with van der Waals surface area (Å²) in [7, 11) is 0. The predicted octanol–water partition coefficient (Wildman–Crippen LogP) is 2.29. The Labute approximate surface area is 98.6 Å². The Balaban J connectivity index is 1.99. The maximum absolute atomic E-state index is 5.46. The number of rotatable bonds is 4. The maximum Gasteiger partial charge on any atom is 0.144 e. The van der Waals surface area contributed by atoms with Crippen LogP contribution < -0.4 is 11.1 Å². The van der Waals surface area contributed by atoms with E-state index in [9.17, 15) is 0 Å². The van der Waals surface area contributed by atoms with E-state index in [0.29, 0.717) is 5.82 Å². The maximum atomic E-state index is 5.46. The van der Waals surface area contributed by atoms with Crippen molar-refractivity contribution >= 4 is 23.0 Å².